The van der Waals surface area contributed by atoms with Gasteiger partial charge in [0.05, 0.1) is 13.7 Å². The predicted octanol–water partition coefficient (Wildman–Crippen LogP) is 5.98. The number of phenolic OH excluding ortho intramolecular Hbond substituents is 1. The number of nitrogens with zero attached hydrogens (tertiary/aromatic N) is 1. The van der Waals surface area contributed by atoms with Gasteiger partial charge >= 0.3 is 5.97 Å². The molecule has 0 aliphatic carbocycles. The highest BCUT2D eigenvalue weighted by Gasteiger charge is 2.37. The van der Waals surface area contributed by atoms with Crippen LogP contribution in [0.25, 0.3) is 10.9 Å². The number of fused-ring (bicyclic) bond motifs is 1. The Labute approximate surface area is 189 Å². The maximum Gasteiger partial charge on any atom is 0.342 e. The first-order valence-corrected chi connectivity index (χ1v) is 13.4. The van der Waals surface area contributed by atoms with Gasteiger partial charge in [-0.05, 0) is 65.5 Å². The van der Waals surface area contributed by atoms with Crippen LogP contribution in [0, 0.1) is 5.82 Å². The van der Waals surface area contributed by atoms with Crippen molar-refractivity contribution in [2.75, 3.05) is 7.11 Å². The second-order valence-corrected chi connectivity index (χ2v) is 14.3. The molecule has 0 atom stereocenters. The number of halogens is 1. The number of esters is 1. The molecule has 0 aliphatic heterocycles. The summed E-state index contributed by atoms with van der Waals surface area (Å²) >= 11 is 0. The normalized spacial score (nSPS) is 12.2. The number of methoxy groups -OCH3 is 1. The number of benzene rings is 2. The average molecular weight is 456 g/mol. The van der Waals surface area contributed by atoms with Gasteiger partial charge in [-0.25, -0.2) is 9.18 Å². The van der Waals surface area contributed by atoms with Crippen molar-refractivity contribution in [1.29, 1.82) is 0 Å². The molecule has 0 amide bonds. The van der Waals surface area contributed by atoms with E-state index in [1.54, 1.807) is 18.3 Å². The van der Waals surface area contributed by atoms with Crippen molar-refractivity contribution < 1.29 is 23.5 Å². The standard InChI is InChI=1S/C25H30FNO4Si/c1-25(2,3)32(5,6)31-15-19-13-18-12-17(11-16-7-9-20(26)10-8-16)14-27-22(18)23(28)21(19)24(29)30-4/h7-10,12-14,28H,11,15H2,1-6H3. The Balaban J connectivity index is 2.03. The first-order valence-electron chi connectivity index (χ1n) is 10.5. The zero-order chi connectivity index (χ0) is 23.7. The van der Waals surface area contributed by atoms with Gasteiger partial charge < -0.3 is 14.3 Å². The molecule has 0 unspecified atom stereocenters. The highest BCUT2D eigenvalue weighted by atomic mass is 28.4. The number of hydrogen-bond acceptors (Lipinski definition) is 5. The third-order valence-corrected chi connectivity index (χ3v) is 10.7. The first kappa shape index (κ1) is 23.9. The fourth-order valence-corrected chi connectivity index (χ4v) is 4.17. The van der Waals surface area contributed by atoms with Crippen LogP contribution in [0.5, 0.6) is 5.75 Å². The minimum Gasteiger partial charge on any atom is -0.505 e. The number of rotatable bonds is 6. The van der Waals surface area contributed by atoms with Gasteiger partial charge in [0, 0.05) is 11.6 Å². The van der Waals surface area contributed by atoms with Gasteiger partial charge in [-0.2, -0.15) is 0 Å². The van der Waals surface area contributed by atoms with E-state index in [1.165, 1.54) is 19.2 Å². The van der Waals surface area contributed by atoms with Crippen LogP contribution >= 0.6 is 0 Å². The molecule has 0 fully saturated rings. The van der Waals surface area contributed by atoms with Gasteiger partial charge in [0.1, 0.15) is 16.9 Å². The molecule has 0 saturated heterocycles. The second-order valence-electron chi connectivity index (χ2n) is 9.52. The van der Waals surface area contributed by atoms with E-state index in [2.05, 4.69) is 38.8 Å². The van der Waals surface area contributed by atoms with E-state index in [4.69, 9.17) is 9.16 Å². The molecule has 0 bridgehead atoms. The fourth-order valence-electron chi connectivity index (χ4n) is 3.22. The lowest BCUT2D eigenvalue weighted by molar-refractivity contribution is 0.0594. The van der Waals surface area contributed by atoms with Crippen molar-refractivity contribution in [2.24, 2.45) is 0 Å². The highest BCUT2D eigenvalue weighted by Crippen LogP contribution is 2.38. The SMILES string of the molecule is COC(=O)c1c(CO[Si](C)(C)C(C)(C)C)cc2cc(Cc3ccc(F)cc3)cnc2c1O. The Bertz CT molecular complexity index is 1140. The molecule has 1 aromatic heterocycles. The summed E-state index contributed by atoms with van der Waals surface area (Å²) in [6, 6.07) is 10.1. The first-order chi connectivity index (χ1) is 14.9. The highest BCUT2D eigenvalue weighted by molar-refractivity contribution is 6.74. The van der Waals surface area contributed by atoms with Gasteiger partial charge in [0.2, 0.25) is 0 Å². The molecule has 5 nitrogen and oxygen atoms in total. The minimum atomic E-state index is -2.09. The molecule has 0 spiro atoms. The topological polar surface area (TPSA) is 68.7 Å². The number of hydrogen-bond donors (Lipinski definition) is 1. The van der Waals surface area contributed by atoms with Crippen LogP contribution in [-0.2, 0) is 22.2 Å². The smallest absolute Gasteiger partial charge is 0.342 e. The van der Waals surface area contributed by atoms with E-state index in [9.17, 15) is 14.3 Å². The lowest BCUT2D eigenvalue weighted by Crippen LogP contribution is -2.40. The maximum absolute atomic E-state index is 13.2. The predicted molar refractivity (Wildman–Crippen MR) is 126 cm³/mol. The summed E-state index contributed by atoms with van der Waals surface area (Å²) in [5, 5.41) is 11.6. The van der Waals surface area contributed by atoms with Crippen molar-refractivity contribution in [3.8, 4) is 5.75 Å². The number of pyridine rings is 1. The van der Waals surface area contributed by atoms with E-state index in [0.717, 1.165) is 11.1 Å². The fraction of sp³-hybridized carbons (Fsp3) is 0.360. The van der Waals surface area contributed by atoms with E-state index in [1.807, 2.05) is 12.1 Å². The van der Waals surface area contributed by atoms with Crippen LogP contribution in [0.3, 0.4) is 0 Å². The lowest BCUT2D eigenvalue weighted by Gasteiger charge is -2.36. The number of phenols is 1. The molecule has 0 aliphatic rings. The molecule has 3 rings (SSSR count). The molecule has 0 saturated carbocycles. The minimum absolute atomic E-state index is 0.00120. The van der Waals surface area contributed by atoms with Crippen LogP contribution in [0.1, 0.15) is 47.8 Å². The average Bonchev–Trinajstić information content (AvgIpc) is 2.72. The zero-order valence-electron chi connectivity index (χ0n) is 19.5. The number of aromatic nitrogens is 1. The van der Waals surface area contributed by atoms with Gasteiger partial charge in [-0.3, -0.25) is 4.98 Å². The zero-order valence-corrected chi connectivity index (χ0v) is 20.5. The van der Waals surface area contributed by atoms with Gasteiger partial charge in [0.25, 0.3) is 0 Å². The van der Waals surface area contributed by atoms with Crippen LogP contribution in [-0.4, -0.2) is 31.5 Å². The Morgan fingerprint density at radius 1 is 1.12 bits per heavy atom. The van der Waals surface area contributed by atoms with Crippen molar-refractivity contribution in [3.63, 3.8) is 0 Å². The van der Waals surface area contributed by atoms with E-state index in [-0.39, 0.29) is 28.8 Å². The van der Waals surface area contributed by atoms with Crippen LogP contribution in [0.4, 0.5) is 4.39 Å². The number of carbonyl (C=O) groups excluding carboxylic acids is 1. The number of ether oxygens (including phenoxy) is 1. The maximum atomic E-state index is 13.2. The van der Waals surface area contributed by atoms with Crippen molar-refractivity contribution in [1.82, 2.24) is 4.98 Å². The molecule has 1 heterocycles. The molecule has 3 aromatic rings. The Morgan fingerprint density at radius 2 is 1.78 bits per heavy atom. The van der Waals surface area contributed by atoms with Crippen molar-refractivity contribution >= 4 is 25.2 Å². The molecule has 0 radical (unpaired) electrons. The number of aromatic hydroxyl groups is 1. The lowest BCUT2D eigenvalue weighted by atomic mass is 10.00. The summed E-state index contributed by atoms with van der Waals surface area (Å²) in [7, 11) is -0.806. The second kappa shape index (κ2) is 9.00. The molecular formula is C25H30FNO4Si. The summed E-state index contributed by atoms with van der Waals surface area (Å²) in [5.41, 5.74) is 2.82. The quantitative estimate of drug-likeness (QED) is 0.366. The van der Waals surface area contributed by atoms with E-state index in [0.29, 0.717) is 22.9 Å². The largest absolute Gasteiger partial charge is 0.505 e. The third-order valence-electron chi connectivity index (χ3n) is 6.19. The summed E-state index contributed by atoms with van der Waals surface area (Å²) in [4.78, 5) is 16.9. The summed E-state index contributed by atoms with van der Waals surface area (Å²) < 4.78 is 24.4. The summed E-state index contributed by atoms with van der Waals surface area (Å²) in [5.74, 6) is -1.12. The van der Waals surface area contributed by atoms with E-state index >= 15 is 0 Å². The van der Waals surface area contributed by atoms with Crippen LogP contribution in [0.2, 0.25) is 18.1 Å². The molecular weight excluding hydrogens is 425 g/mol. The third kappa shape index (κ3) is 5.00. The molecule has 32 heavy (non-hydrogen) atoms. The molecule has 2 aromatic carbocycles. The van der Waals surface area contributed by atoms with Crippen molar-refractivity contribution in [2.45, 2.75) is 51.9 Å². The summed E-state index contributed by atoms with van der Waals surface area (Å²) in [6.07, 6.45) is 2.22. The molecule has 170 valence electrons. The van der Waals surface area contributed by atoms with E-state index < -0.39 is 14.3 Å². The Morgan fingerprint density at radius 3 is 2.38 bits per heavy atom. The molecule has 7 heteroatoms. The Hall–Kier alpha value is -2.77. The Kier molecular flexibility index (Phi) is 6.71. The molecule has 1 N–H and O–H groups in total. The van der Waals surface area contributed by atoms with Gasteiger partial charge in [0.15, 0.2) is 14.1 Å². The number of carbonyl (C=O) groups is 1. The van der Waals surface area contributed by atoms with Crippen LogP contribution < -0.4 is 0 Å². The van der Waals surface area contributed by atoms with Gasteiger partial charge in [-0.15, -0.1) is 0 Å². The van der Waals surface area contributed by atoms with Gasteiger partial charge in [-0.1, -0.05) is 32.9 Å². The van der Waals surface area contributed by atoms with Crippen LogP contribution in [0.15, 0.2) is 42.6 Å². The van der Waals surface area contributed by atoms with Crippen molar-refractivity contribution in [3.05, 3.63) is 70.7 Å². The monoisotopic (exact) mass is 455 g/mol. The summed E-state index contributed by atoms with van der Waals surface area (Å²) in [6.45, 7) is 10.9.